The first-order chi connectivity index (χ1) is 6.58. The minimum absolute atomic E-state index is 0.160. The number of pyridine rings is 1. The van der Waals surface area contributed by atoms with Crippen LogP contribution in [0.4, 0.5) is 5.69 Å². The Morgan fingerprint density at radius 1 is 1.29 bits per heavy atom. The molecule has 2 rings (SSSR count). The van der Waals surface area contributed by atoms with Gasteiger partial charge in [0.15, 0.2) is 0 Å². The second kappa shape index (κ2) is 2.83. The maximum absolute atomic E-state index is 10.7. The number of aryl methyl sites for hydroxylation is 2. The molecular weight excluding hydrogens is 180 g/mol. The van der Waals surface area contributed by atoms with Gasteiger partial charge in [0.2, 0.25) is 0 Å². The van der Waals surface area contributed by atoms with E-state index >= 15 is 0 Å². The predicted molar refractivity (Wildman–Crippen MR) is 53.5 cm³/mol. The quantitative estimate of drug-likeness (QED) is 0.512. The Bertz CT molecular complexity index is 514. The van der Waals surface area contributed by atoms with Crippen molar-refractivity contribution in [3.05, 3.63) is 45.8 Å². The molecule has 0 aromatic carbocycles. The Morgan fingerprint density at radius 3 is 2.64 bits per heavy atom. The van der Waals surface area contributed by atoms with Crippen molar-refractivity contribution in [1.82, 2.24) is 4.40 Å². The summed E-state index contributed by atoms with van der Waals surface area (Å²) in [7, 11) is 0. The lowest BCUT2D eigenvalue weighted by Crippen LogP contribution is -1.94. The Kier molecular flexibility index (Phi) is 1.77. The summed E-state index contributed by atoms with van der Waals surface area (Å²) in [6.45, 7) is 3.72. The van der Waals surface area contributed by atoms with Gasteiger partial charge in [-0.05, 0) is 31.5 Å². The summed E-state index contributed by atoms with van der Waals surface area (Å²) in [6, 6.07) is 3.82. The van der Waals surface area contributed by atoms with Crippen molar-refractivity contribution in [2.75, 3.05) is 0 Å². The van der Waals surface area contributed by atoms with Gasteiger partial charge in [-0.3, -0.25) is 10.1 Å². The average Bonchev–Trinajstić information content (AvgIpc) is 2.42. The second-order valence-electron chi connectivity index (χ2n) is 3.45. The van der Waals surface area contributed by atoms with Crippen LogP contribution in [0.15, 0.2) is 24.5 Å². The molecule has 4 nitrogen and oxygen atoms in total. The van der Waals surface area contributed by atoms with Gasteiger partial charge in [-0.25, -0.2) is 0 Å². The highest BCUT2D eigenvalue weighted by Crippen LogP contribution is 2.20. The molecule has 0 bridgehead atoms. The van der Waals surface area contributed by atoms with Crippen LogP contribution in [0.5, 0.6) is 0 Å². The van der Waals surface area contributed by atoms with Crippen LogP contribution in [-0.4, -0.2) is 9.32 Å². The number of aromatic nitrogens is 1. The molecule has 0 saturated heterocycles. The van der Waals surface area contributed by atoms with Gasteiger partial charge in [-0.15, -0.1) is 0 Å². The molecule has 0 saturated carbocycles. The lowest BCUT2D eigenvalue weighted by molar-refractivity contribution is -0.385. The van der Waals surface area contributed by atoms with Crippen LogP contribution < -0.4 is 0 Å². The van der Waals surface area contributed by atoms with Crippen LogP contribution in [-0.2, 0) is 0 Å². The standard InChI is InChI=1S/C10H10N2O2/c1-7-3-9-4-8(2)10(12(13)14)6-11(9)5-7/h3-6H,1-2H3. The normalized spacial score (nSPS) is 10.7. The van der Waals surface area contributed by atoms with Crippen LogP contribution in [0.2, 0.25) is 0 Å². The lowest BCUT2D eigenvalue weighted by Gasteiger charge is -1.98. The van der Waals surface area contributed by atoms with Crippen molar-refractivity contribution in [3.63, 3.8) is 0 Å². The fourth-order valence-corrected chi connectivity index (χ4v) is 1.59. The van der Waals surface area contributed by atoms with Gasteiger partial charge in [-0.2, -0.15) is 0 Å². The number of rotatable bonds is 1. The fraction of sp³-hybridized carbons (Fsp3) is 0.200. The van der Waals surface area contributed by atoms with Gasteiger partial charge >= 0.3 is 0 Å². The molecule has 0 aliphatic rings. The van der Waals surface area contributed by atoms with Gasteiger partial charge < -0.3 is 4.40 Å². The Morgan fingerprint density at radius 2 is 2.00 bits per heavy atom. The van der Waals surface area contributed by atoms with Gasteiger partial charge in [0.05, 0.1) is 11.1 Å². The number of nitro groups is 1. The van der Waals surface area contributed by atoms with Crippen LogP contribution in [0.25, 0.3) is 5.52 Å². The van der Waals surface area contributed by atoms with Crippen LogP contribution >= 0.6 is 0 Å². The molecular formula is C10H10N2O2. The van der Waals surface area contributed by atoms with Gasteiger partial charge in [0.25, 0.3) is 5.69 Å². The summed E-state index contributed by atoms with van der Waals surface area (Å²) >= 11 is 0. The van der Waals surface area contributed by atoms with Crippen molar-refractivity contribution < 1.29 is 4.92 Å². The summed E-state index contributed by atoms with van der Waals surface area (Å²) < 4.78 is 1.78. The molecule has 0 amide bonds. The molecule has 14 heavy (non-hydrogen) atoms. The minimum atomic E-state index is -0.357. The van der Waals surface area contributed by atoms with E-state index in [1.165, 1.54) is 0 Å². The summed E-state index contributed by atoms with van der Waals surface area (Å²) in [4.78, 5) is 10.3. The lowest BCUT2D eigenvalue weighted by atomic mass is 10.2. The van der Waals surface area contributed by atoms with E-state index in [0.717, 1.165) is 11.1 Å². The van der Waals surface area contributed by atoms with E-state index in [2.05, 4.69) is 0 Å². The molecule has 2 aromatic rings. The number of fused-ring (bicyclic) bond motifs is 1. The first kappa shape index (κ1) is 8.74. The van der Waals surface area contributed by atoms with E-state index in [4.69, 9.17) is 0 Å². The molecule has 72 valence electrons. The molecule has 0 N–H and O–H groups in total. The van der Waals surface area contributed by atoms with Crippen molar-refractivity contribution >= 4 is 11.2 Å². The average molecular weight is 190 g/mol. The largest absolute Gasteiger partial charge is 0.317 e. The first-order valence-corrected chi connectivity index (χ1v) is 4.31. The van der Waals surface area contributed by atoms with E-state index in [9.17, 15) is 10.1 Å². The van der Waals surface area contributed by atoms with Crippen molar-refractivity contribution in [2.45, 2.75) is 13.8 Å². The number of hydrogen-bond acceptors (Lipinski definition) is 2. The smallest absolute Gasteiger partial charge is 0.288 e. The Labute approximate surface area is 80.9 Å². The zero-order chi connectivity index (χ0) is 10.3. The van der Waals surface area contributed by atoms with Crippen LogP contribution in [0, 0.1) is 24.0 Å². The molecule has 0 radical (unpaired) electrons. The highest BCUT2D eigenvalue weighted by atomic mass is 16.6. The fourth-order valence-electron chi connectivity index (χ4n) is 1.59. The third kappa shape index (κ3) is 1.25. The Balaban J connectivity index is 2.76. The van der Waals surface area contributed by atoms with Crippen LogP contribution in [0.3, 0.4) is 0 Å². The molecule has 0 aliphatic carbocycles. The molecule has 0 spiro atoms. The molecule has 0 atom stereocenters. The third-order valence-corrected chi connectivity index (χ3v) is 2.24. The summed E-state index contributed by atoms with van der Waals surface area (Å²) in [5.41, 5.74) is 2.95. The van der Waals surface area contributed by atoms with E-state index in [1.54, 1.807) is 17.5 Å². The van der Waals surface area contributed by atoms with Crippen molar-refractivity contribution in [2.24, 2.45) is 0 Å². The topological polar surface area (TPSA) is 47.5 Å². The summed E-state index contributed by atoms with van der Waals surface area (Å²) in [6.07, 6.45) is 3.43. The van der Waals surface area contributed by atoms with Crippen molar-refractivity contribution in [1.29, 1.82) is 0 Å². The highest BCUT2D eigenvalue weighted by Gasteiger charge is 2.11. The number of hydrogen-bond donors (Lipinski definition) is 0. The van der Waals surface area contributed by atoms with Crippen molar-refractivity contribution in [3.8, 4) is 0 Å². The summed E-state index contributed by atoms with van der Waals surface area (Å²) in [5.74, 6) is 0. The predicted octanol–water partition coefficient (Wildman–Crippen LogP) is 2.46. The highest BCUT2D eigenvalue weighted by molar-refractivity contribution is 5.56. The van der Waals surface area contributed by atoms with E-state index in [1.807, 2.05) is 25.3 Å². The molecule has 2 aromatic heterocycles. The maximum atomic E-state index is 10.7. The monoisotopic (exact) mass is 190 g/mol. The summed E-state index contributed by atoms with van der Waals surface area (Å²) in [5, 5.41) is 10.7. The second-order valence-corrected chi connectivity index (χ2v) is 3.45. The van der Waals surface area contributed by atoms with Gasteiger partial charge in [0.1, 0.15) is 0 Å². The van der Waals surface area contributed by atoms with E-state index < -0.39 is 0 Å². The van der Waals surface area contributed by atoms with E-state index in [-0.39, 0.29) is 10.6 Å². The van der Waals surface area contributed by atoms with Gasteiger partial charge in [0, 0.05) is 17.3 Å². The molecule has 2 heterocycles. The van der Waals surface area contributed by atoms with E-state index in [0.29, 0.717) is 5.56 Å². The zero-order valence-corrected chi connectivity index (χ0v) is 8.02. The van der Waals surface area contributed by atoms with Crippen LogP contribution in [0.1, 0.15) is 11.1 Å². The zero-order valence-electron chi connectivity index (χ0n) is 8.02. The molecule has 0 aliphatic heterocycles. The third-order valence-electron chi connectivity index (χ3n) is 2.24. The SMILES string of the molecule is Cc1cc2cc(C)c([N+](=O)[O-])cn2c1. The Hall–Kier alpha value is -1.84. The molecule has 0 unspecified atom stereocenters. The molecule has 0 fully saturated rings. The number of nitrogens with zero attached hydrogens (tertiary/aromatic N) is 2. The van der Waals surface area contributed by atoms with Gasteiger partial charge in [-0.1, -0.05) is 0 Å². The first-order valence-electron chi connectivity index (χ1n) is 4.31. The molecule has 4 heteroatoms. The maximum Gasteiger partial charge on any atom is 0.288 e. The minimum Gasteiger partial charge on any atom is -0.317 e.